The molecule has 0 bridgehead atoms. The van der Waals surface area contributed by atoms with E-state index >= 15 is 0 Å². The van der Waals surface area contributed by atoms with Gasteiger partial charge in [-0.15, -0.1) is 0 Å². The first-order chi connectivity index (χ1) is 8.74. The molecule has 0 unspecified atom stereocenters. The Kier molecular flexibility index (Phi) is 3.73. The Bertz CT molecular complexity index is 427. The molecule has 0 aromatic heterocycles. The van der Waals surface area contributed by atoms with E-state index in [1.807, 2.05) is 0 Å². The molecule has 3 heteroatoms. The van der Waals surface area contributed by atoms with Gasteiger partial charge in [-0.25, -0.2) is 0 Å². The highest BCUT2D eigenvalue weighted by molar-refractivity contribution is 9.10. The lowest BCUT2D eigenvalue weighted by atomic mass is 9.92. The van der Waals surface area contributed by atoms with Crippen molar-refractivity contribution in [2.24, 2.45) is 0 Å². The van der Waals surface area contributed by atoms with Crippen LogP contribution in [0.3, 0.4) is 0 Å². The molecule has 0 saturated heterocycles. The summed E-state index contributed by atoms with van der Waals surface area (Å²) in [5, 5.41) is 13.3. The Hall–Kier alpha value is -0.380. The van der Waals surface area contributed by atoms with Crippen molar-refractivity contribution in [3.8, 4) is 0 Å². The van der Waals surface area contributed by atoms with Gasteiger partial charge in [0.15, 0.2) is 0 Å². The van der Waals surface area contributed by atoms with Crippen LogP contribution in [0, 0.1) is 0 Å². The van der Waals surface area contributed by atoms with Gasteiger partial charge >= 0.3 is 0 Å². The van der Waals surface area contributed by atoms with Crippen molar-refractivity contribution < 1.29 is 5.11 Å². The average molecular weight is 310 g/mol. The lowest BCUT2D eigenvalue weighted by Crippen LogP contribution is -2.36. The lowest BCUT2D eigenvalue weighted by molar-refractivity contribution is 0.114. The molecule has 2 nitrogen and oxygen atoms in total. The summed E-state index contributed by atoms with van der Waals surface area (Å²) in [6.45, 7) is 0. The van der Waals surface area contributed by atoms with Crippen molar-refractivity contribution in [1.29, 1.82) is 0 Å². The van der Waals surface area contributed by atoms with E-state index in [1.165, 1.54) is 28.4 Å². The number of fused-ring (bicyclic) bond motifs is 1. The van der Waals surface area contributed by atoms with Crippen LogP contribution in [-0.4, -0.2) is 17.3 Å². The third kappa shape index (κ3) is 2.49. The molecular weight excluding hydrogens is 290 g/mol. The van der Waals surface area contributed by atoms with Gasteiger partial charge < -0.3 is 10.4 Å². The summed E-state index contributed by atoms with van der Waals surface area (Å²) in [5.74, 6) is 0. The van der Waals surface area contributed by atoms with E-state index in [1.54, 1.807) is 0 Å². The predicted octanol–water partition coefficient (Wildman–Crippen LogP) is 3.33. The van der Waals surface area contributed by atoms with Crippen LogP contribution in [0.5, 0.6) is 0 Å². The van der Waals surface area contributed by atoms with Crippen LogP contribution in [-0.2, 0) is 6.42 Å². The van der Waals surface area contributed by atoms with Gasteiger partial charge in [-0.2, -0.15) is 0 Å². The number of aliphatic hydroxyl groups excluding tert-OH is 1. The van der Waals surface area contributed by atoms with Crippen LogP contribution in [0.25, 0.3) is 0 Å². The maximum Gasteiger partial charge on any atom is 0.0541 e. The Balaban J connectivity index is 1.68. The third-order valence-corrected chi connectivity index (χ3v) is 5.09. The highest BCUT2D eigenvalue weighted by atomic mass is 79.9. The molecule has 2 N–H and O–H groups in total. The van der Waals surface area contributed by atoms with Crippen LogP contribution in [0.1, 0.15) is 49.3 Å². The molecule has 1 aromatic carbocycles. The van der Waals surface area contributed by atoms with Crippen molar-refractivity contribution in [1.82, 2.24) is 5.32 Å². The number of nitrogens with one attached hydrogen (secondary N) is 1. The molecule has 1 saturated carbocycles. The minimum atomic E-state index is -0.0620. The summed E-state index contributed by atoms with van der Waals surface area (Å²) in [5.41, 5.74) is 2.95. The van der Waals surface area contributed by atoms with E-state index in [0.717, 1.165) is 25.7 Å². The van der Waals surface area contributed by atoms with Gasteiger partial charge in [0.05, 0.1) is 6.10 Å². The number of hydrogen-bond acceptors (Lipinski definition) is 2. The van der Waals surface area contributed by atoms with Crippen LogP contribution in [0.2, 0.25) is 0 Å². The smallest absolute Gasteiger partial charge is 0.0541 e. The largest absolute Gasteiger partial charge is 0.393 e. The second kappa shape index (κ2) is 5.32. The quantitative estimate of drug-likeness (QED) is 0.878. The van der Waals surface area contributed by atoms with E-state index in [-0.39, 0.29) is 6.10 Å². The topological polar surface area (TPSA) is 32.3 Å². The minimum Gasteiger partial charge on any atom is -0.393 e. The van der Waals surface area contributed by atoms with Gasteiger partial charge in [-0.1, -0.05) is 28.1 Å². The zero-order valence-corrected chi connectivity index (χ0v) is 12.1. The van der Waals surface area contributed by atoms with E-state index in [0.29, 0.717) is 12.1 Å². The van der Waals surface area contributed by atoms with Crippen LogP contribution >= 0.6 is 15.9 Å². The van der Waals surface area contributed by atoms with Gasteiger partial charge in [-0.05, 0) is 55.7 Å². The lowest BCUT2D eigenvalue weighted by Gasteiger charge is -2.29. The van der Waals surface area contributed by atoms with E-state index < -0.39 is 0 Å². The summed E-state index contributed by atoms with van der Waals surface area (Å²) in [4.78, 5) is 0. The fraction of sp³-hybridized carbons (Fsp3) is 0.600. The summed E-state index contributed by atoms with van der Waals surface area (Å²) >= 11 is 3.65. The van der Waals surface area contributed by atoms with Crippen molar-refractivity contribution in [3.05, 3.63) is 33.8 Å². The fourth-order valence-electron chi connectivity index (χ4n) is 3.31. The minimum absolute atomic E-state index is 0.0620. The highest BCUT2D eigenvalue weighted by Gasteiger charge is 2.27. The maximum absolute atomic E-state index is 9.55. The number of hydrogen-bond donors (Lipinski definition) is 2. The molecule has 3 rings (SSSR count). The number of aliphatic hydroxyl groups is 1. The average Bonchev–Trinajstić information content (AvgIpc) is 2.77. The van der Waals surface area contributed by atoms with Crippen LogP contribution < -0.4 is 5.32 Å². The van der Waals surface area contributed by atoms with Crippen molar-refractivity contribution in [2.45, 2.75) is 56.7 Å². The molecule has 1 aromatic rings. The Morgan fingerprint density at radius 1 is 1.11 bits per heavy atom. The van der Waals surface area contributed by atoms with Crippen LogP contribution in [0.4, 0.5) is 0 Å². The summed E-state index contributed by atoms with van der Waals surface area (Å²) in [6, 6.07) is 7.62. The molecule has 0 heterocycles. The molecule has 1 atom stereocenters. The van der Waals surface area contributed by atoms with Gasteiger partial charge in [0.2, 0.25) is 0 Å². The first-order valence-corrected chi connectivity index (χ1v) is 7.75. The standard InChI is InChI=1S/C15H20BrNO/c16-14-3-1-2-13-12(14)8-9-15(13)17-10-4-6-11(18)7-5-10/h1-3,10-11,15,17-18H,4-9H2/t10?,11?,15-/m0/s1. The SMILES string of the molecule is OC1CCC(N[C@H]2CCc3c(Br)cccc32)CC1. The van der Waals surface area contributed by atoms with E-state index in [4.69, 9.17) is 0 Å². The van der Waals surface area contributed by atoms with Crippen molar-refractivity contribution in [3.63, 3.8) is 0 Å². The molecule has 98 valence electrons. The van der Waals surface area contributed by atoms with Gasteiger partial charge in [0.25, 0.3) is 0 Å². The van der Waals surface area contributed by atoms with Gasteiger partial charge in [0, 0.05) is 16.6 Å². The number of rotatable bonds is 2. The zero-order chi connectivity index (χ0) is 12.5. The van der Waals surface area contributed by atoms with E-state index in [2.05, 4.69) is 39.4 Å². The molecular formula is C15H20BrNO. The summed E-state index contributed by atoms with van der Waals surface area (Å²) in [7, 11) is 0. The molecule has 0 aliphatic heterocycles. The predicted molar refractivity (Wildman–Crippen MR) is 76.6 cm³/mol. The third-order valence-electron chi connectivity index (χ3n) is 4.35. The normalized spacial score (nSPS) is 31.3. The van der Waals surface area contributed by atoms with Crippen LogP contribution in [0.15, 0.2) is 22.7 Å². The second-order valence-corrected chi connectivity index (χ2v) is 6.43. The molecule has 0 amide bonds. The summed E-state index contributed by atoms with van der Waals surface area (Å²) in [6.07, 6.45) is 6.45. The monoisotopic (exact) mass is 309 g/mol. The zero-order valence-electron chi connectivity index (χ0n) is 10.5. The molecule has 1 fully saturated rings. The van der Waals surface area contributed by atoms with Gasteiger partial charge in [-0.3, -0.25) is 0 Å². The Morgan fingerprint density at radius 2 is 1.89 bits per heavy atom. The molecule has 18 heavy (non-hydrogen) atoms. The maximum atomic E-state index is 9.55. The summed E-state index contributed by atoms with van der Waals surface area (Å²) < 4.78 is 1.25. The fourth-order valence-corrected chi connectivity index (χ4v) is 3.89. The molecule has 2 aliphatic carbocycles. The number of halogens is 1. The Labute approximate surface area is 117 Å². The molecule has 0 spiro atoms. The van der Waals surface area contributed by atoms with Crippen molar-refractivity contribution in [2.75, 3.05) is 0 Å². The highest BCUT2D eigenvalue weighted by Crippen LogP contribution is 2.36. The number of benzene rings is 1. The molecule has 2 aliphatic rings. The van der Waals surface area contributed by atoms with Crippen molar-refractivity contribution >= 4 is 15.9 Å². The van der Waals surface area contributed by atoms with Gasteiger partial charge in [0.1, 0.15) is 0 Å². The first-order valence-electron chi connectivity index (χ1n) is 6.95. The second-order valence-electron chi connectivity index (χ2n) is 5.57. The Morgan fingerprint density at radius 3 is 2.67 bits per heavy atom. The van der Waals surface area contributed by atoms with E-state index in [9.17, 15) is 5.11 Å². The molecule has 0 radical (unpaired) electrons. The first kappa shape index (κ1) is 12.6.